The van der Waals surface area contributed by atoms with E-state index >= 15 is 0 Å². The number of nitrogen functional groups attached to an aromatic ring is 1. The van der Waals surface area contributed by atoms with Gasteiger partial charge in [0.25, 0.3) is 0 Å². The molecule has 0 aliphatic carbocycles. The van der Waals surface area contributed by atoms with E-state index in [-0.39, 0.29) is 0 Å². The van der Waals surface area contributed by atoms with E-state index in [9.17, 15) is 0 Å². The minimum absolute atomic E-state index is 0.306. The highest BCUT2D eigenvalue weighted by Crippen LogP contribution is 2.18. The van der Waals surface area contributed by atoms with Gasteiger partial charge in [0, 0.05) is 13.7 Å². The van der Waals surface area contributed by atoms with Crippen LogP contribution in [0.1, 0.15) is 19.7 Å². The van der Waals surface area contributed by atoms with Gasteiger partial charge in [0.2, 0.25) is 0 Å². The van der Waals surface area contributed by atoms with Crippen molar-refractivity contribution in [2.75, 3.05) is 25.2 Å². The number of nitrogens with zero attached hydrogens (tertiary/aromatic N) is 4. The Hall–Kier alpha value is -1.77. The molecule has 0 spiro atoms. The zero-order valence-electron chi connectivity index (χ0n) is 12.7. The third-order valence-electron chi connectivity index (χ3n) is 2.83. The number of ether oxygens (including phenoxy) is 2. The van der Waals surface area contributed by atoms with Crippen molar-refractivity contribution in [1.82, 2.24) is 19.7 Å². The number of anilines is 1. The first-order chi connectivity index (χ1) is 10.1. The Balaban J connectivity index is 1.91. The minimum Gasteiger partial charge on any atom is -0.379 e. The summed E-state index contributed by atoms with van der Waals surface area (Å²) in [4.78, 5) is 8.73. The van der Waals surface area contributed by atoms with Crippen LogP contribution in [0.4, 0.5) is 5.82 Å². The molecule has 0 unspecified atom stereocenters. The van der Waals surface area contributed by atoms with Gasteiger partial charge in [-0.25, -0.2) is 15.8 Å². The number of hydrogen-bond acceptors (Lipinski definition) is 7. The highest BCUT2D eigenvalue weighted by molar-refractivity contribution is 5.86. The fourth-order valence-corrected chi connectivity index (χ4v) is 1.84. The molecule has 116 valence electrons. The van der Waals surface area contributed by atoms with Gasteiger partial charge >= 0.3 is 0 Å². The Bertz CT molecular complexity index is 583. The predicted molar refractivity (Wildman–Crippen MR) is 79.4 cm³/mol. The van der Waals surface area contributed by atoms with E-state index in [1.807, 2.05) is 7.05 Å². The number of aryl methyl sites for hydroxylation is 1. The third-order valence-corrected chi connectivity index (χ3v) is 2.83. The molecule has 2 rings (SSSR count). The molecule has 8 nitrogen and oxygen atoms in total. The molecule has 0 fully saturated rings. The second-order valence-corrected chi connectivity index (χ2v) is 5.16. The molecule has 2 aromatic heterocycles. The molecule has 2 aromatic rings. The fourth-order valence-electron chi connectivity index (χ4n) is 1.84. The van der Waals surface area contributed by atoms with Gasteiger partial charge in [-0.15, -0.1) is 0 Å². The van der Waals surface area contributed by atoms with Gasteiger partial charge < -0.3 is 14.9 Å². The maximum atomic E-state index is 5.52. The molecule has 0 atom stereocenters. The van der Waals surface area contributed by atoms with Crippen LogP contribution in [0.5, 0.6) is 0 Å². The second-order valence-electron chi connectivity index (χ2n) is 5.16. The van der Waals surface area contributed by atoms with Gasteiger partial charge in [-0.3, -0.25) is 4.68 Å². The van der Waals surface area contributed by atoms with Gasteiger partial charge in [0.1, 0.15) is 6.61 Å². The van der Waals surface area contributed by atoms with Gasteiger partial charge in [0.05, 0.1) is 24.8 Å². The Morgan fingerprint density at radius 3 is 2.76 bits per heavy atom. The summed E-state index contributed by atoms with van der Waals surface area (Å²) in [5.41, 5.74) is 3.28. The molecule has 0 aliphatic heterocycles. The molecular formula is C13H22N6O2. The second kappa shape index (κ2) is 7.30. The van der Waals surface area contributed by atoms with Crippen molar-refractivity contribution in [2.45, 2.75) is 20.5 Å². The molecule has 21 heavy (non-hydrogen) atoms. The monoisotopic (exact) mass is 294 g/mol. The Morgan fingerprint density at radius 1 is 1.29 bits per heavy atom. The Morgan fingerprint density at radius 2 is 2.05 bits per heavy atom. The van der Waals surface area contributed by atoms with Crippen LogP contribution >= 0.6 is 0 Å². The molecule has 2 heterocycles. The van der Waals surface area contributed by atoms with E-state index in [4.69, 9.17) is 15.3 Å². The van der Waals surface area contributed by atoms with E-state index in [1.54, 1.807) is 10.9 Å². The van der Waals surface area contributed by atoms with E-state index < -0.39 is 0 Å². The quantitative estimate of drug-likeness (QED) is 0.422. The van der Waals surface area contributed by atoms with Crippen LogP contribution < -0.4 is 11.3 Å². The molecule has 0 aromatic carbocycles. The van der Waals surface area contributed by atoms with Crippen molar-refractivity contribution in [1.29, 1.82) is 0 Å². The lowest BCUT2D eigenvalue weighted by atomic mass is 10.2. The van der Waals surface area contributed by atoms with Crippen LogP contribution in [0.15, 0.2) is 6.20 Å². The summed E-state index contributed by atoms with van der Waals surface area (Å²) in [6, 6.07) is 0. The molecule has 0 amide bonds. The third kappa shape index (κ3) is 4.10. The molecular weight excluding hydrogens is 272 g/mol. The summed E-state index contributed by atoms with van der Waals surface area (Å²) in [5.74, 6) is 7.11. The van der Waals surface area contributed by atoms with Crippen LogP contribution in [0, 0.1) is 5.92 Å². The van der Waals surface area contributed by atoms with Crippen LogP contribution in [-0.2, 0) is 23.1 Å². The summed E-state index contributed by atoms with van der Waals surface area (Å²) >= 11 is 0. The molecule has 0 aliphatic rings. The predicted octanol–water partition coefficient (Wildman–Crippen LogP) is 0.838. The van der Waals surface area contributed by atoms with Gasteiger partial charge in [0.15, 0.2) is 17.3 Å². The number of fused-ring (bicyclic) bond motifs is 1. The summed E-state index contributed by atoms with van der Waals surface area (Å²) in [5, 5.41) is 4.92. The van der Waals surface area contributed by atoms with E-state index in [0.717, 1.165) is 12.0 Å². The van der Waals surface area contributed by atoms with Crippen molar-refractivity contribution in [3.05, 3.63) is 12.0 Å². The Labute approximate surface area is 123 Å². The number of hydrogen-bond donors (Lipinski definition) is 2. The van der Waals surface area contributed by atoms with Gasteiger partial charge in [-0.2, -0.15) is 5.10 Å². The standard InChI is InChI=1S/C13H22N6O2/c1-9(2)7-20-4-5-21-8-11-16-12(18-14)10-6-15-19(3)13(10)17-11/h6,9H,4-5,7-8,14H2,1-3H3,(H,16,17,18). The topological polar surface area (TPSA) is 100 Å². The van der Waals surface area contributed by atoms with Gasteiger partial charge in [-0.05, 0) is 5.92 Å². The lowest BCUT2D eigenvalue weighted by molar-refractivity contribution is 0.0295. The minimum atomic E-state index is 0.306. The largest absolute Gasteiger partial charge is 0.379 e. The van der Waals surface area contributed by atoms with Crippen LogP contribution in [-0.4, -0.2) is 39.6 Å². The zero-order valence-corrected chi connectivity index (χ0v) is 12.7. The lowest BCUT2D eigenvalue weighted by Gasteiger charge is -2.08. The maximum Gasteiger partial charge on any atom is 0.163 e. The molecule has 0 saturated heterocycles. The van der Waals surface area contributed by atoms with E-state index in [0.29, 0.717) is 43.0 Å². The van der Waals surface area contributed by atoms with Crippen molar-refractivity contribution in [2.24, 2.45) is 18.8 Å². The van der Waals surface area contributed by atoms with Crippen molar-refractivity contribution in [3.8, 4) is 0 Å². The zero-order chi connectivity index (χ0) is 15.2. The van der Waals surface area contributed by atoms with Crippen molar-refractivity contribution in [3.63, 3.8) is 0 Å². The highest BCUT2D eigenvalue weighted by atomic mass is 16.5. The number of nitrogens with one attached hydrogen (secondary N) is 1. The molecule has 3 N–H and O–H groups in total. The number of nitrogens with two attached hydrogens (primary N) is 1. The van der Waals surface area contributed by atoms with E-state index in [2.05, 4.69) is 34.3 Å². The average molecular weight is 294 g/mol. The fraction of sp³-hybridized carbons (Fsp3) is 0.615. The normalized spacial score (nSPS) is 11.5. The summed E-state index contributed by atoms with van der Waals surface area (Å²) in [6.45, 7) is 6.33. The van der Waals surface area contributed by atoms with E-state index in [1.165, 1.54) is 0 Å². The maximum absolute atomic E-state index is 5.52. The number of rotatable bonds is 8. The van der Waals surface area contributed by atoms with Crippen LogP contribution in [0.25, 0.3) is 11.0 Å². The average Bonchev–Trinajstić information content (AvgIpc) is 2.83. The SMILES string of the molecule is CC(C)COCCOCc1nc(NN)c2cnn(C)c2n1. The first-order valence-electron chi connectivity index (χ1n) is 6.92. The first-order valence-corrected chi connectivity index (χ1v) is 6.92. The summed E-state index contributed by atoms with van der Waals surface area (Å²) in [6.07, 6.45) is 1.68. The molecule has 0 radical (unpaired) electrons. The Kier molecular flexibility index (Phi) is 5.43. The first kappa shape index (κ1) is 15.6. The van der Waals surface area contributed by atoms with Crippen molar-refractivity contribution >= 4 is 16.9 Å². The van der Waals surface area contributed by atoms with Crippen molar-refractivity contribution < 1.29 is 9.47 Å². The highest BCUT2D eigenvalue weighted by Gasteiger charge is 2.10. The summed E-state index contributed by atoms with van der Waals surface area (Å²) < 4.78 is 12.6. The smallest absolute Gasteiger partial charge is 0.163 e. The number of aromatic nitrogens is 4. The summed E-state index contributed by atoms with van der Waals surface area (Å²) in [7, 11) is 1.82. The van der Waals surface area contributed by atoms with Crippen LogP contribution in [0.3, 0.4) is 0 Å². The molecule has 8 heteroatoms. The lowest BCUT2D eigenvalue weighted by Crippen LogP contribution is -2.13. The van der Waals surface area contributed by atoms with Crippen LogP contribution in [0.2, 0.25) is 0 Å². The molecule has 0 bridgehead atoms. The van der Waals surface area contributed by atoms with Gasteiger partial charge in [-0.1, -0.05) is 13.8 Å². The molecule has 0 saturated carbocycles. The number of hydrazine groups is 1.